The van der Waals surface area contributed by atoms with Gasteiger partial charge in [0.05, 0.1) is 18.1 Å². The van der Waals surface area contributed by atoms with Crippen molar-refractivity contribution in [3.8, 4) is 0 Å². The summed E-state index contributed by atoms with van der Waals surface area (Å²) in [6, 6.07) is 14.8. The lowest BCUT2D eigenvalue weighted by Crippen LogP contribution is -2.22. The Balaban J connectivity index is 0.000000266. The van der Waals surface area contributed by atoms with Crippen LogP contribution in [-0.4, -0.2) is 33.3 Å². The molecular formula is C41H56N2O6. The number of carbonyl (C=O) groups excluding carboxylic acids is 1. The zero-order valence-corrected chi connectivity index (χ0v) is 30.3. The molecule has 8 nitrogen and oxygen atoms in total. The lowest BCUT2D eigenvalue weighted by Gasteiger charge is -2.18. The summed E-state index contributed by atoms with van der Waals surface area (Å²) in [5.74, 6) is -1.18. The maximum Gasteiger partial charge on any atom is 0.325 e. The summed E-state index contributed by atoms with van der Waals surface area (Å²) >= 11 is 0. The van der Waals surface area contributed by atoms with E-state index >= 15 is 0 Å². The number of carboxylic acid groups (broad SMARTS) is 1. The summed E-state index contributed by atoms with van der Waals surface area (Å²) in [5, 5.41) is 10.5. The average molecular weight is 673 g/mol. The third-order valence-electron chi connectivity index (χ3n) is 9.42. The number of carboxylic acids is 1. The number of methoxy groups -OCH3 is 1. The summed E-state index contributed by atoms with van der Waals surface area (Å²) in [6.07, 6.45) is 15.8. The Morgan fingerprint density at radius 2 is 1.00 bits per heavy atom. The van der Waals surface area contributed by atoms with Crippen LogP contribution in [0.3, 0.4) is 0 Å². The second kappa shape index (κ2) is 20.3. The van der Waals surface area contributed by atoms with Gasteiger partial charge in [-0.1, -0.05) is 102 Å². The lowest BCUT2D eigenvalue weighted by atomic mass is 10.0. The molecule has 1 N–H and O–H groups in total. The van der Waals surface area contributed by atoms with Gasteiger partial charge in [0.25, 0.3) is 0 Å². The first-order valence-corrected chi connectivity index (χ1v) is 18.2. The predicted octanol–water partition coefficient (Wildman–Crippen LogP) is 8.68. The molecular weight excluding hydrogens is 616 g/mol. The normalized spacial score (nSPS) is 11.0. The van der Waals surface area contributed by atoms with Crippen molar-refractivity contribution in [1.29, 1.82) is 0 Å². The minimum absolute atomic E-state index is 0.0215. The van der Waals surface area contributed by atoms with Crippen LogP contribution in [0, 0.1) is 13.8 Å². The molecule has 0 aliphatic carbocycles. The van der Waals surface area contributed by atoms with Crippen LogP contribution in [0.1, 0.15) is 113 Å². The Kier molecular flexibility index (Phi) is 16.3. The molecule has 4 aromatic rings. The molecule has 0 spiro atoms. The van der Waals surface area contributed by atoms with Crippen LogP contribution in [0.2, 0.25) is 0 Å². The number of hydrogen-bond donors (Lipinski definition) is 1. The van der Waals surface area contributed by atoms with Crippen molar-refractivity contribution in [3.63, 3.8) is 0 Å². The highest BCUT2D eigenvalue weighted by molar-refractivity contribution is 5.83. The van der Waals surface area contributed by atoms with Crippen molar-refractivity contribution < 1.29 is 19.4 Å². The molecule has 0 fully saturated rings. The maximum atomic E-state index is 12.7. The molecule has 4 rings (SSSR count). The van der Waals surface area contributed by atoms with Crippen LogP contribution in [0.5, 0.6) is 0 Å². The average Bonchev–Trinajstić information content (AvgIpc) is 3.11. The van der Waals surface area contributed by atoms with Gasteiger partial charge in [0.2, 0.25) is 0 Å². The van der Waals surface area contributed by atoms with E-state index in [1.807, 2.05) is 60.9 Å². The van der Waals surface area contributed by atoms with E-state index in [0.717, 1.165) is 66.5 Å². The van der Waals surface area contributed by atoms with Crippen molar-refractivity contribution in [2.45, 2.75) is 131 Å². The van der Waals surface area contributed by atoms with Crippen molar-refractivity contribution in [2.24, 2.45) is 0 Å². The molecule has 0 saturated heterocycles. The maximum absolute atomic E-state index is 12.7. The number of nitrogens with zero attached hydrogens (tertiary/aromatic N) is 2. The predicted molar refractivity (Wildman–Crippen MR) is 200 cm³/mol. The molecule has 49 heavy (non-hydrogen) atoms. The van der Waals surface area contributed by atoms with Gasteiger partial charge in [-0.15, -0.1) is 0 Å². The molecule has 0 aliphatic rings. The highest BCUT2D eigenvalue weighted by Gasteiger charge is 2.17. The Bertz CT molecular complexity index is 1800. The van der Waals surface area contributed by atoms with E-state index < -0.39 is 5.97 Å². The van der Waals surface area contributed by atoms with Gasteiger partial charge in [0.15, 0.2) is 10.9 Å². The van der Waals surface area contributed by atoms with E-state index in [1.165, 1.54) is 58.5 Å². The summed E-state index contributed by atoms with van der Waals surface area (Å²) in [5.41, 5.74) is 4.88. The van der Waals surface area contributed by atoms with Crippen LogP contribution >= 0.6 is 0 Å². The summed E-state index contributed by atoms with van der Waals surface area (Å²) in [7, 11) is 1.40. The molecule has 2 aromatic carbocycles. The fourth-order valence-electron chi connectivity index (χ4n) is 6.64. The zero-order valence-electron chi connectivity index (χ0n) is 30.3. The van der Waals surface area contributed by atoms with Gasteiger partial charge in [-0.05, 0) is 63.8 Å². The van der Waals surface area contributed by atoms with E-state index in [2.05, 4.69) is 13.8 Å². The van der Waals surface area contributed by atoms with E-state index in [0.29, 0.717) is 16.3 Å². The Morgan fingerprint density at radius 3 is 1.41 bits per heavy atom. The largest absolute Gasteiger partial charge is 0.480 e. The second-order valence-electron chi connectivity index (χ2n) is 13.0. The van der Waals surface area contributed by atoms with E-state index in [9.17, 15) is 24.3 Å². The number of rotatable bonds is 18. The third-order valence-corrected chi connectivity index (χ3v) is 9.42. The topological polar surface area (TPSA) is 108 Å². The molecule has 0 atom stereocenters. The molecule has 0 amide bonds. The number of esters is 1. The van der Waals surface area contributed by atoms with Crippen LogP contribution in [-0.2, 0) is 40.3 Å². The molecule has 0 radical (unpaired) electrons. The molecule has 266 valence electrons. The Morgan fingerprint density at radius 1 is 0.612 bits per heavy atom. The number of pyridine rings is 2. The Hall–Kier alpha value is -4.20. The zero-order chi connectivity index (χ0) is 35.8. The van der Waals surface area contributed by atoms with Crippen molar-refractivity contribution in [1.82, 2.24) is 9.13 Å². The molecule has 0 saturated carbocycles. The van der Waals surface area contributed by atoms with Gasteiger partial charge in [0, 0.05) is 33.3 Å². The molecule has 0 unspecified atom stereocenters. The fraction of sp³-hybridized carbons (Fsp3) is 0.512. The van der Waals surface area contributed by atoms with Gasteiger partial charge >= 0.3 is 11.9 Å². The lowest BCUT2D eigenvalue weighted by molar-refractivity contribution is -0.141. The highest BCUT2D eigenvalue weighted by Crippen LogP contribution is 2.21. The Labute approximate surface area is 291 Å². The third kappa shape index (κ3) is 10.9. The minimum Gasteiger partial charge on any atom is -0.480 e. The van der Waals surface area contributed by atoms with E-state index in [4.69, 9.17) is 4.74 Å². The summed E-state index contributed by atoms with van der Waals surface area (Å²) in [4.78, 5) is 48.5. The number of ether oxygens (including phenoxy) is 1. The molecule has 2 heterocycles. The van der Waals surface area contributed by atoms with E-state index in [1.54, 1.807) is 10.6 Å². The van der Waals surface area contributed by atoms with Crippen LogP contribution < -0.4 is 10.9 Å². The standard InChI is InChI=1S/C21H29NO3.C20H27NO3/c1-4-5-6-7-8-9-13-18-16(2)21(24)17-12-10-11-14-19(17)22(18)15-20(23)25-3;1-3-4-5-6-7-8-12-17-15(2)20(24)16-11-9-10-13-18(16)21(17)14-19(22)23/h10-12,14H,4-9,13,15H2,1-3H3;9-11,13H,3-8,12,14H2,1-2H3,(H,22,23). The molecule has 0 bridgehead atoms. The smallest absolute Gasteiger partial charge is 0.325 e. The van der Waals surface area contributed by atoms with Crippen LogP contribution in [0.15, 0.2) is 58.1 Å². The quantitative estimate of drug-likeness (QED) is 0.0837. The van der Waals surface area contributed by atoms with Gasteiger partial charge in [-0.3, -0.25) is 19.2 Å². The second-order valence-corrected chi connectivity index (χ2v) is 13.0. The van der Waals surface area contributed by atoms with Crippen LogP contribution in [0.4, 0.5) is 0 Å². The SMILES string of the molecule is CCCCCCCCc1c(C)c(=O)c2ccccc2n1CC(=O)O.CCCCCCCCc1c(C)c(=O)c2ccccc2n1CC(=O)OC. The van der Waals surface area contributed by atoms with Crippen molar-refractivity contribution in [3.05, 3.63) is 91.5 Å². The number of hydrogen-bond acceptors (Lipinski definition) is 5. The van der Waals surface area contributed by atoms with Gasteiger partial charge in [-0.2, -0.15) is 0 Å². The summed E-state index contributed by atoms with van der Waals surface area (Å²) < 4.78 is 8.63. The van der Waals surface area contributed by atoms with Gasteiger partial charge in [-0.25, -0.2) is 0 Å². The summed E-state index contributed by atoms with van der Waals surface area (Å²) in [6.45, 7) is 8.14. The number of unbranched alkanes of at least 4 members (excludes halogenated alkanes) is 10. The number of aliphatic carboxylic acids is 1. The van der Waals surface area contributed by atoms with Gasteiger partial charge in [0.1, 0.15) is 13.1 Å². The van der Waals surface area contributed by atoms with Gasteiger partial charge < -0.3 is 19.0 Å². The first-order valence-electron chi connectivity index (χ1n) is 18.2. The fourth-order valence-corrected chi connectivity index (χ4v) is 6.64. The molecule has 8 heteroatoms. The number of fused-ring (bicyclic) bond motifs is 2. The highest BCUT2D eigenvalue weighted by atomic mass is 16.5. The molecule has 0 aliphatic heterocycles. The molecule has 2 aromatic heterocycles. The van der Waals surface area contributed by atoms with Crippen molar-refractivity contribution in [2.75, 3.05) is 7.11 Å². The number of para-hydroxylation sites is 2. The monoisotopic (exact) mass is 672 g/mol. The van der Waals surface area contributed by atoms with Crippen LogP contribution in [0.25, 0.3) is 21.8 Å². The first-order chi connectivity index (χ1) is 23.7. The number of benzene rings is 2. The van der Waals surface area contributed by atoms with Crippen molar-refractivity contribution >= 4 is 33.7 Å². The first kappa shape index (κ1) is 39.2. The number of aromatic nitrogens is 2. The number of carbonyl (C=O) groups is 2. The van der Waals surface area contributed by atoms with E-state index in [-0.39, 0.29) is 29.9 Å². The minimum atomic E-state index is -0.882.